The Morgan fingerprint density at radius 3 is 2.42 bits per heavy atom. The third-order valence-electron chi connectivity index (χ3n) is 2.53. The quantitative estimate of drug-likeness (QED) is 0.689. The fourth-order valence-electron chi connectivity index (χ4n) is 1.43. The van der Waals surface area contributed by atoms with Crippen LogP contribution in [0.1, 0.15) is 25.3 Å². The molecular formula is C12H18N2O4S. The van der Waals surface area contributed by atoms with Crippen LogP contribution in [0.2, 0.25) is 0 Å². The molecule has 0 aromatic heterocycles. The molecule has 6 nitrogen and oxygen atoms in total. The fourth-order valence-corrected chi connectivity index (χ4v) is 1.94. The van der Waals surface area contributed by atoms with Crippen LogP contribution < -0.4 is 10.5 Å². The van der Waals surface area contributed by atoms with Crippen molar-refractivity contribution < 1.29 is 18.3 Å². The second kappa shape index (κ2) is 6.65. The molecule has 0 aliphatic carbocycles. The molecule has 0 bridgehead atoms. The summed E-state index contributed by atoms with van der Waals surface area (Å²) in [5.74, 6) is -0.156. The van der Waals surface area contributed by atoms with Crippen molar-refractivity contribution in [2.24, 2.45) is 5.14 Å². The number of rotatable bonds is 6. The van der Waals surface area contributed by atoms with Crippen LogP contribution in [0.5, 0.6) is 0 Å². The number of benzene rings is 1. The predicted octanol–water partition coefficient (Wildman–Crippen LogP) is 0.111. The first-order valence-electron chi connectivity index (χ1n) is 5.85. The van der Waals surface area contributed by atoms with Crippen LogP contribution in [0.3, 0.4) is 0 Å². The summed E-state index contributed by atoms with van der Waals surface area (Å²) in [5, 5.41) is 16.7. The third-order valence-corrected chi connectivity index (χ3v) is 3.46. The standard InChI is InChI=1S/C12H18N2O4S/c1-9(15)2-7-12(16)14-8-10-3-5-11(6-4-10)19(13,17)18/h3-6,9,15H,2,7-8H2,1H3,(H,14,16)(H2,13,17,18). The molecule has 0 saturated heterocycles. The highest BCUT2D eigenvalue weighted by Crippen LogP contribution is 2.08. The second-order valence-electron chi connectivity index (χ2n) is 4.35. The monoisotopic (exact) mass is 286 g/mol. The van der Waals surface area contributed by atoms with E-state index in [0.717, 1.165) is 5.56 Å². The minimum Gasteiger partial charge on any atom is -0.393 e. The smallest absolute Gasteiger partial charge is 0.238 e. The SMILES string of the molecule is CC(O)CCC(=O)NCc1ccc(S(N)(=O)=O)cc1. The molecule has 19 heavy (non-hydrogen) atoms. The van der Waals surface area contributed by atoms with Crippen LogP contribution >= 0.6 is 0 Å². The van der Waals surface area contributed by atoms with Crippen molar-refractivity contribution in [3.8, 4) is 0 Å². The zero-order chi connectivity index (χ0) is 14.5. The van der Waals surface area contributed by atoms with Crippen LogP contribution in [0.15, 0.2) is 29.2 Å². The molecule has 0 heterocycles. The molecule has 0 fully saturated rings. The number of primary sulfonamides is 1. The Kier molecular flexibility index (Phi) is 5.46. The van der Waals surface area contributed by atoms with Gasteiger partial charge in [0.1, 0.15) is 0 Å². The van der Waals surface area contributed by atoms with Crippen LogP contribution in [0.4, 0.5) is 0 Å². The molecule has 0 saturated carbocycles. The average molecular weight is 286 g/mol. The van der Waals surface area contributed by atoms with Crippen LogP contribution in [0, 0.1) is 0 Å². The molecule has 1 rings (SSSR count). The number of carbonyl (C=O) groups excluding carboxylic acids is 1. The van der Waals surface area contributed by atoms with E-state index < -0.39 is 16.1 Å². The summed E-state index contributed by atoms with van der Waals surface area (Å²) in [4.78, 5) is 11.4. The van der Waals surface area contributed by atoms with Gasteiger partial charge >= 0.3 is 0 Å². The van der Waals surface area contributed by atoms with E-state index >= 15 is 0 Å². The number of nitrogens with one attached hydrogen (secondary N) is 1. The van der Waals surface area contributed by atoms with E-state index in [2.05, 4.69) is 5.32 Å². The summed E-state index contributed by atoms with van der Waals surface area (Å²) in [5.41, 5.74) is 0.776. The number of hydrogen-bond donors (Lipinski definition) is 3. The molecule has 0 spiro atoms. The van der Waals surface area contributed by atoms with Crippen LogP contribution in [-0.2, 0) is 21.4 Å². The zero-order valence-corrected chi connectivity index (χ0v) is 11.5. The lowest BCUT2D eigenvalue weighted by Gasteiger charge is -2.07. The maximum absolute atomic E-state index is 11.4. The highest BCUT2D eigenvalue weighted by molar-refractivity contribution is 7.89. The van der Waals surface area contributed by atoms with Crippen molar-refractivity contribution in [3.63, 3.8) is 0 Å². The van der Waals surface area contributed by atoms with Gasteiger partial charge in [0.2, 0.25) is 15.9 Å². The van der Waals surface area contributed by atoms with Gasteiger partial charge in [0.15, 0.2) is 0 Å². The van der Waals surface area contributed by atoms with Crippen molar-refractivity contribution in [1.82, 2.24) is 5.32 Å². The highest BCUT2D eigenvalue weighted by Gasteiger charge is 2.07. The second-order valence-corrected chi connectivity index (χ2v) is 5.91. The maximum atomic E-state index is 11.4. The molecule has 1 aromatic rings. The van der Waals surface area contributed by atoms with Gasteiger partial charge in [-0.05, 0) is 31.0 Å². The van der Waals surface area contributed by atoms with Gasteiger partial charge in [-0.2, -0.15) is 0 Å². The number of aliphatic hydroxyl groups is 1. The largest absolute Gasteiger partial charge is 0.393 e. The molecule has 1 unspecified atom stereocenters. The Morgan fingerprint density at radius 2 is 1.95 bits per heavy atom. The summed E-state index contributed by atoms with van der Waals surface area (Å²) in [6.07, 6.45) is 0.170. The summed E-state index contributed by atoms with van der Waals surface area (Å²) < 4.78 is 22.1. The molecule has 0 aliphatic heterocycles. The van der Waals surface area contributed by atoms with Crippen molar-refractivity contribution in [2.45, 2.75) is 37.3 Å². The number of hydrogen-bond acceptors (Lipinski definition) is 4. The number of amides is 1. The van der Waals surface area contributed by atoms with E-state index in [4.69, 9.17) is 10.2 Å². The van der Waals surface area contributed by atoms with E-state index in [9.17, 15) is 13.2 Å². The Bertz CT molecular complexity index is 523. The van der Waals surface area contributed by atoms with Crippen LogP contribution in [0.25, 0.3) is 0 Å². The first-order chi connectivity index (χ1) is 8.79. The van der Waals surface area contributed by atoms with Gasteiger partial charge in [0, 0.05) is 13.0 Å². The topological polar surface area (TPSA) is 109 Å². The van der Waals surface area contributed by atoms with Gasteiger partial charge in [-0.1, -0.05) is 12.1 Å². The van der Waals surface area contributed by atoms with E-state index in [1.807, 2.05) is 0 Å². The molecule has 4 N–H and O–H groups in total. The lowest BCUT2D eigenvalue weighted by atomic mass is 10.2. The van der Waals surface area contributed by atoms with Gasteiger partial charge in [0.25, 0.3) is 0 Å². The van der Waals surface area contributed by atoms with Crippen molar-refractivity contribution in [3.05, 3.63) is 29.8 Å². The number of sulfonamides is 1. The lowest BCUT2D eigenvalue weighted by Crippen LogP contribution is -2.23. The number of nitrogens with two attached hydrogens (primary N) is 1. The van der Waals surface area contributed by atoms with Gasteiger partial charge in [-0.3, -0.25) is 4.79 Å². The maximum Gasteiger partial charge on any atom is 0.238 e. The Morgan fingerprint density at radius 1 is 1.37 bits per heavy atom. The normalized spacial score (nSPS) is 13.0. The molecular weight excluding hydrogens is 268 g/mol. The van der Waals surface area contributed by atoms with Gasteiger partial charge in [-0.15, -0.1) is 0 Å². The van der Waals surface area contributed by atoms with Gasteiger partial charge in [0.05, 0.1) is 11.0 Å². The minimum absolute atomic E-state index is 0.0386. The number of aliphatic hydroxyl groups excluding tert-OH is 1. The summed E-state index contributed by atoms with van der Waals surface area (Å²) in [6, 6.07) is 5.97. The molecule has 0 aliphatic rings. The van der Waals surface area contributed by atoms with E-state index in [-0.39, 0.29) is 17.2 Å². The van der Waals surface area contributed by atoms with Crippen LogP contribution in [-0.4, -0.2) is 25.5 Å². The highest BCUT2D eigenvalue weighted by atomic mass is 32.2. The molecule has 106 valence electrons. The molecule has 7 heteroatoms. The van der Waals surface area contributed by atoms with E-state index in [1.54, 1.807) is 19.1 Å². The van der Waals surface area contributed by atoms with Crippen molar-refractivity contribution in [1.29, 1.82) is 0 Å². The minimum atomic E-state index is -3.68. The molecule has 0 radical (unpaired) electrons. The predicted molar refractivity (Wildman–Crippen MR) is 70.6 cm³/mol. The Balaban J connectivity index is 2.48. The first kappa shape index (κ1) is 15.6. The molecule has 1 atom stereocenters. The molecule has 1 amide bonds. The van der Waals surface area contributed by atoms with Crippen molar-refractivity contribution >= 4 is 15.9 Å². The number of carbonyl (C=O) groups is 1. The fraction of sp³-hybridized carbons (Fsp3) is 0.417. The van der Waals surface area contributed by atoms with Gasteiger partial charge in [-0.25, -0.2) is 13.6 Å². The summed E-state index contributed by atoms with van der Waals surface area (Å²) in [6.45, 7) is 1.93. The Labute approximate surface area is 112 Å². The van der Waals surface area contributed by atoms with E-state index in [0.29, 0.717) is 13.0 Å². The summed E-state index contributed by atoms with van der Waals surface area (Å²) >= 11 is 0. The lowest BCUT2D eigenvalue weighted by molar-refractivity contribution is -0.121. The van der Waals surface area contributed by atoms with Gasteiger partial charge < -0.3 is 10.4 Å². The third kappa shape index (κ3) is 5.82. The van der Waals surface area contributed by atoms with Crippen molar-refractivity contribution in [2.75, 3.05) is 0 Å². The zero-order valence-electron chi connectivity index (χ0n) is 10.7. The molecule has 1 aromatic carbocycles. The van der Waals surface area contributed by atoms with E-state index in [1.165, 1.54) is 12.1 Å². The Hall–Kier alpha value is -1.44. The average Bonchev–Trinajstić information content (AvgIpc) is 2.33. The first-order valence-corrected chi connectivity index (χ1v) is 7.40. The summed E-state index contributed by atoms with van der Waals surface area (Å²) in [7, 11) is -3.68.